The Hall–Kier alpha value is -0.730. The van der Waals surface area contributed by atoms with Crippen LogP contribution >= 0.6 is 23.7 Å². The lowest BCUT2D eigenvalue weighted by Crippen LogP contribution is -1.79. The molecule has 0 fully saturated rings. The third-order valence-corrected chi connectivity index (χ3v) is 2.81. The molecular weight excluding hydrogens is 190 g/mol. The second-order valence-corrected chi connectivity index (χ2v) is 3.48. The molecule has 0 atom stereocenters. The van der Waals surface area contributed by atoms with Crippen LogP contribution in [0.1, 0.15) is 0 Å². The Bertz CT molecular complexity index is 336. The number of benzene rings is 1. The zero-order valence-corrected chi connectivity index (χ0v) is 8.34. The molecule has 64 valence electrons. The van der Waals surface area contributed by atoms with Crippen LogP contribution in [-0.2, 0) is 0 Å². The van der Waals surface area contributed by atoms with Crippen LogP contribution in [0.2, 0.25) is 0 Å². The first-order valence-corrected chi connectivity index (χ1v) is 4.38. The fourth-order valence-corrected chi connectivity index (χ4v) is 2.02. The van der Waals surface area contributed by atoms with Crippen LogP contribution in [0.5, 0.6) is 0 Å². The van der Waals surface area contributed by atoms with Crippen molar-refractivity contribution in [2.75, 3.05) is 12.4 Å². The lowest BCUT2D eigenvalue weighted by Gasteiger charge is -1.86. The zero-order chi connectivity index (χ0) is 7.68. The Morgan fingerprint density at radius 1 is 1.25 bits per heavy atom. The largest absolute Gasteiger partial charge is 0.380 e. The van der Waals surface area contributed by atoms with Crippen molar-refractivity contribution >= 4 is 38.8 Å². The van der Waals surface area contributed by atoms with E-state index in [1.54, 1.807) is 11.3 Å². The summed E-state index contributed by atoms with van der Waals surface area (Å²) in [6.07, 6.45) is 0. The maximum atomic E-state index is 3.13. The number of hydrogen-bond acceptors (Lipinski definition) is 2. The fraction of sp³-hybridized carbons (Fsp3) is 0.111. The van der Waals surface area contributed by atoms with E-state index in [1.165, 1.54) is 15.1 Å². The summed E-state index contributed by atoms with van der Waals surface area (Å²) in [5.41, 5.74) is 0. The van der Waals surface area contributed by atoms with Gasteiger partial charge in [-0.05, 0) is 17.5 Å². The average Bonchev–Trinajstić information content (AvgIpc) is 2.46. The van der Waals surface area contributed by atoms with E-state index in [1.807, 2.05) is 7.05 Å². The molecule has 0 spiro atoms. The predicted molar refractivity (Wildman–Crippen MR) is 58.6 cm³/mol. The van der Waals surface area contributed by atoms with E-state index in [9.17, 15) is 0 Å². The first kappa shape index (κ1) is 9.36. The van der Waals surface area contributed by atoms with E-state index in [-0.39, 0.29) is 12.4 Å². The minimum absolute atomic E-state index is 0. The van der Waals surface area contributed by atoms with Gasteiger partial charge in [0, 0.05) is 11.7 Å². The summed E-state index contributed by atoms with van der Waals surface area (Å²) >= 11 is 1.79. The molecule has 1 nitrogen and oxygen atoms in total. The standard InChI is InChI=1S/C9H9NS.ClH/c1-10-9-6-7-4-2-3-5-8(7)11-9;/h2-6,10H,1H3;1H. The van der Waals surface area contributed by atoms with Crippen molar-refractivity contribution in [1.82, 2.24) is 0 Å². The van der Waals surface area contributed by atoms with Gasteiger partial charge in [-0.3, -0.25) is 0 Å². The van der Waals surface area contributed by atoms with Gasteiger partial charge >= 0.3 is 0 Å². The molecule has 0 aliphatic heterocycles. The minimum Gasteiger partial charge on any atom is -0.380 e. The quantitative estimate of drug-likeness (QED) is 0.743. The number of hydrogen-bond donors (Lipinski definition) is 1. The number of anilines is 1. The molecule has 0 aliphatic carbocycles. The van der Waals surface area contributed by atoms with Gasteiger partial charge < -0.3 is 5.32 Å². The molecule has 0 radical (unpaired) electrons. The highest BCUT2D eigenvalue weighted by atomic mass is 35.5. The summed E-state index contributed by atoms with van der Waals surface area (Å²) in [6.45, 7) is 0. The van der Waals surface area contributed by atoms with Gasteiger partial charge in [0.25, 0.3) is 0 Å². The molecule has 2 aromatic rings. The van der Waals surface area contributed by atoms with Gasteiger partial charge in [0.2, 0.25) is 0 Å². The third-order valence-electron chi connectivity index (χ3n) is 1.67. The van der Waals surface area contributed by atoms with Crippen molar-refractivity contribution in [3.05, 3.63) is 30.3 Å². The molecular formula is C9H10ClNS. The second-order valence-electron chi connectivity index (χ2n) is 2.40. The van der Waals surface area contributed by atoms with Crippen LogP contribution in [0, 0.1) is 0 Å². The second kappa shape index (κ2) is 3.78. The van der Waals surface area contributed by atoms with Crippen LogP contribution in [0.4, 0.5) is 5.00 Å². The monoisotopic (exact) mass is 199 g/mol. The highest BCUT2D eigenvalue weighted by Crippen LogP contribution is 2.28. The number of fused-ring (bicyclic) bond motifs is 1. The van der Waals surface area contributed by atoms with E-state index >= 15 is 0 Å². The molecule has 0 amide bonds. The molecule has 1 aromatic carbocycles. The highest BCUT2D eigenvalue weighted by Gasteiger charge is 1.96. The van der Waals surface area contributed by atoms with Crippen LogP contribution in [-0.4, -0.2) is 7.05 Å². The van der Waals surface area contributed by atoms with E-state index < -0.39 is 0 Å². The van der Waals surface area contributed by atoms with Gasteiger partial charge in [-0.2, -0.15) is 0 Å². The van der Waals surface area contributed by atoms with E-state index in [0.717, 1.165) is 0 Å². The molecule has 1 heterocycles. The van der Waals surface area contributed by atoms with Crippen molar-refractivity contribution in [1.29, 1.82) is 0 Å². The van der Waals surface area contributed by atoms with Gasteiger partial charge in [-0.25, -0.2) is 0 Å². The van der Waals surface area contributed by atoms with E-state index in [0.29, 0.717) is 0 Å². The Morgan fingerprint density at radius 3 is 2.67 bits per heavy atom. The average molecular weight is 200 g/mol. The Labute approximate surface area is 81.8 Å². The molecule has 0 unspecified atom stereocenters. The van der Waals surface area contributed by atoms with Gasteiger partial charge in [-0.1, -0.05) is 18.2 Å². The van der Waals surface area contributed by atoms with Crippen molar-refractivity contribution in [3.8, 4) is 0 Å². The normalized spacial score (nSPS) is 9.42. The lowest BCUT2D eigenvalue weighted by atomic mass is 10.3. The Kier molecular flexibility index (Phi) is 2.95. The topological polar surface area (TPSA) is 12.0 Å². The number of thiophene rings is 1. The zero-order valence-electron chi connectivity index (χ0n) is 6.70. The number of halogens is 1. The summed E-state index contributed by atoms with van der Waals surface area (Å²) in [5.74, 6) is 0. The molecule has 0 aliphatic rings. The highest BCUT2D eigenvalue weighted by molar-refractivity contribution is 7.22. The van der Waals surface area contributed by atoms with Crippen LogP contribution < -0.4 is 5.32 Å². The summed E-state index contributed by atoms with van der Waals surface area (Å²) in [6, 6.07) is 10.6. The number of nitrogens with one attached hydrogen (secondary N) is 1. The van der Waals surface area contributed by atoms with Gasteiger partial charge in [-0.15, -0.1) is 23.7 Å². The van der Waals surface area contributed by atoms with Crippen molar-refractivity contribution in [2.24, 2.45) is 0 Å². The SMILES string of the molecule is CNc1cc2ccccc2s1.Cl. The Balaban J connectivity index is 0.000000720. The maximum Gasteiger partial charge on any atom is 0.0892 e. The predicted octanol–water partition coefficient (Wildman–Crippen LogP) is 3.36. The molecule has 0 saturated carbocycles. The van der Waals surface area contributed by atoms with Crippen LogP contribution in [0.15, 0.2) is 30.3 Å². The molecule has 0 bridgehead atoms. The summed E-state index contributed by atoms with van der Waals surface area (Å²) in [7, 11) is 1.95. The fourth-order valence-electron chi connectivity index (χ4n) is 1.11. The van der Waals surface area contributed by atoms with Crippen molar-refractivity contribution in [3.63, 3.8) is 0 Å². The number of rotatable bonds is 1. The maximum absolute atomic E-state index is 3.13. The molecule has 12 heavy (non-hydrogen) atoms. The summed E-state index contributed by atoms with van der Waals surface area (Å²) < 4.78 is 1.34. The van der Waals surface area contributed by atoms with Crippen molar-refractivity contribution in [2.45, 2.75) is 0 Å². The molecule has 1 aromatic heterocycles. The summed E-state index contributed by atoms with van der Waals surface area (Å²) in [5, 5.41) is 5.68. The summed E-state index contributed by atoms with van der Waals surface area (Å²) in [4.78, 5) is 0. The first-order valence-electron chi connectivity index (χ1n) is 3.56. The van der Waals surface area contributed by atoms with Crippen LogP contribution in [0.25, 0.3) is 10.1 Å². The van der Waals surface area contributed by atoms with E-state index in [4.69, 9.17) is 0 Å². The lowest BCUT2D eigenvalue weighted by molar-refractivity contribution is 1.60. The molecule has 3 heteroatoms. The minimum atomic E-state index is 0. The van der Waals surface area contributed by atoms with Gasteiger partial charge in [0.1, 0.15) is 0 Å². The van der Waals surface area contributed by atoms with Gasteiger partial charge in [0.15, 0.2) is 0 Å². The van der Waals surface area contributed by atoms with Gasteiger partial charge in [0.05, 0.1) is 5.00 Å². The molecule has 2 rings (SSSR count). The van der Waals surface area contributed by atoms with Crippen LogP contribution in [0.3, 0.4) is 0 Å². The Morgan fingerprint density at radius 2 is 2.00 bits per heavy atom. The first-order chi connectivity index (χ1) is 5.40. The third kappa shape index (κ3) is 1.54. The molecule has 0 saturated heterocycles. The smallest absolute Gasteiger partial charge is 0.0892 e. The van der Waals surface area contributed by atoms with E-state index in [2.05, 4.69) is 35.6 Å². The van der Waals surface area contributed by atoms with Crippen molar-refractivity contribution < 1.29 is 0 Å². The molecule has 1 N–H and O–H groups in total.